The standard InChI is InChI=1S/C22H33NO/c1-16-13-19(15-22(2,3)14-16)23-21(24)20(18-11-7-8-12-18)17-9-5-4-6-10-17/h4-6,9-10,16,18-20H,7-8,11-15H2,1-3H3,(H,23,24)/t16-,19+,20-/m0/s1. The Morgan fingerprint density at radius 1 is 1.12 bits per heavy atom. The molecular weight excluding hydrogens is 294 g/mol. The van der Waals surface area contributed by atoms with Crippen LogP contribution >= 0.6 is 0 Å². The summed E-state index contributed by atoms with van der Waals surface area (Å²) in [6, 6.07) is 10.8. The third-order valence-corrected chi connectivity index (χ3v) is 6.05. The molecule has 1 aromatic rings. The second kappa shape index (κ2) is 7.29. The lowest BCUT2D eigenvalue weighted by molar-refractivity contribution is -0.125. The van der Waals surface area contributed by atoms with Crippen LogP contribution in [0.25, 0.3) is 0 Å². The van der Waals surface area contributed by atoms with Crippen LogP contribution in [0.5, 0.6) is 0 Å². The number of amides is 1. The first-order chi connectivity index (χ1) is 11.4. The zero-order valence-electron chi connectivity index (χ0n) is 15.6. The summed E-state index contributed by atoms with van der Waals surface area (Å²) < 4.78 is 0. The molecule has 3 atom stereocenters. The number of hydrogen-bond acceptors (Lipinski definition) is 1. The first kappa shape index (κ1) is 17.5. The van der Waals surface area contributed by atoms with E-state index in [1.165, 1.54) is 37.7 Å². The predicted octanol–water partition coefficient (Wildman–Crippen LogP) is 5.29. The molecule has 2 aliphatic carbocycles. The van der Waals surface area contributed by atoms with Crippen molar-refractivity contribution < 1.29 is 4.79 Å². The van der Waals surface area contributed by atoms with Crippen molar-refractivity contribution in [1.29, 1.82) is 0 Å². The number of carbonyl (C=O) groups excluding carboxylic acids is 1. The molecule has 0 heterocycles. The van der Waals surface area contributed by atoms with E-state index in [1.54, 1.807) is 0 Å². The lowest BCUT2D eigenvalue weighted by Gasteiger charge is -2.40. The molecule has 2 saturated carbocycles. The molecule has 1 N–H and O–H groups in total. The van der Waals surface area contributed by atoms with Crippen molar-refractivity contribution in [3.8, 4) is 0 Å². The van der Waals surface area contributed by atoms with Gasteiger partial charge in [0.2, 0.25) is 5.91 Å². The highest BCUT2D eigenvalue weighted by molar-refractivity contribution is 5.84. The Hall–Kier alpha value is -1.31. The molecule has 0 saturated heterocycles. The van der Waals surface area contributed by atoms with E-state index in [4.69, 9.17) is 0 Å². The summed E-state index contributed by atoms with van der Waals surface area (Å²) in [7, 11) is 0. The van der Waals surface area contributed by atoms with Crippen molar-refractivity contribution in [3.05, 3.63) is 35.9 Å². The Morgan fingerprint density at radius 3 is 2.42 bits per heavy atom. The number of carbonyl (C=O) groups is 1. The molecule has 0 bridgehead atoms. The van der Waals surface area contributed by atoms with Crippen LogP contribution in [-0.2, 0) is 4.79 Å². The highest BCUT2D eigenvalue weighted by Gasteiger charge is 2.36. The Bertz CT molecular complexity index is 544. The first-order valence-electron chi connectivity index (χ1n) is 9.80. The van der Waals surface area contributed by atoms with Gasteiger partial charge in [0.25, 0.3) is 0 Å². The van der Waals surface area contributed by atoms with E-state index < -0.39 is 0 Å². The van der Waals surface area contributed by atoms with E-state index in [0.717, 1.165) is 12.8 Å². The smallest absolute Gasteiger partial charge is 0.228 e. The molecular formula is C22H33NO. The van der Waals surface area contributed by atoms with Crippen molar-refractivity contribution in [2.24, 2.45) is 17.3 Å². The molecule has 0 unspecified atom stereocenters. The molecule has 3 rings (SSSR count). The Kier molecular flexibility index (Phi) is 5.32. The normalized spacial score (nSPS) is 28.5. The maximum absolute atomic E-state index is 13.2. The first-order valence-corrected chi connectivity index (χ1v) is 9.80. The molecule has 2 aliphatic rings. The second-order valence-electron chi connectivity index (χ2n) is 9.05. The summed E-state index contributed by atoms with van der Waals surface area (Å²) in [6.45, 7) is 7.01. The fourth-order valence-corrected chi connectivity index (χ4v) is 5.34. The van der Waals surface area contributed by atoms with Crippen LogP contribution < -0.4 is 5.32 Å². The summed E-state index contributed by atoms with van der Waals surface area (Å²) in [6.07, 6.45) is 8.43. The summed E-state index contributed by atoms with van der Waals surface area (Å²) in [5, 5.41) is 3.44. The molecule has 0 spiro atoms. The summed E-state index contributed by atoms with van der Waals surface area (Å²) in [5.41, 5.74) is 1.54. The van der Waals surface area contributed by atoms with Crippen LogP contribution in [0, 0.1) is 17.3 Å². The molecule has 132 valence electrons. The summed E-state index contributed by atoms with van der Waals surface area (Å²) in [4.78, 5) is 13.2. The van der Waals surface area contributed by atoms with E-state index >= 15 is 0 Å². The number of nitrogens with one attached hydrogen (secondary N) is 1. The zero-order chi connectivity index (χ0) is 17.2. The summed E-state index contributed by atoms with van der Waals surface area (Å²) >= 11 is 0. The lowest BCUT2D eigenvalue weighted by atomic mass is 9.70. The van der Waals surface area contributed by atoms with Gasteiger partial charge in [-0.1, -0.05) is 63.9 Å². The van der Waals surface area contributed by atoms with Crippen LogP contribution in [0.1, 0.15) is 77.2 Å². The zero-order valence-corrected chi connectivity index (χ0v) is 15.6. The van der Waals surface area contributed by atoms with Crippen molar-refractivity contribution >= 4 is 5.91 Å². The molecule has 2 nitrogen and oxygen atoms in total. The number of benzene rings is 1. The van der Waals surface area contributed by atoms with Crippen LogP contribution in [0.4, 0.5) is 0 Å². The van der Waals surface area contributed by atoms with Crippen LogP contribution in [0.15, 0.2) is 30.3 Å². The minimum absolute atomic E-state index is 0.0362. The van der Waals surface area contributed by atoms with Crippen molar-refractivity contribution in [3.63, 3.8) is 0 Å². The number of rotatable bonds is 4. The van der Waals surface area contributed by atoms with E-state index in [-0.39, 0.29) is 11.8 Å². The van der Waals surface area contributed by atoms with E-state index in [9.17, 15) is 4.79 Å². The van der Waals surface area contributed by atoms with Crippen molar-refractivity contribution in [1.82, 2.24) is 5.32 Å². The highest BCUT2D eigenvalue weighted by atomic mass is 16.2. The molecule has 1 aromatic carbocycles. The highest BCUT2D eigenvalue weighted by Crippen LogP contribution is 2.40. The van der Waals surface area contributed by atoms with Crippen molar-refractivity contribution in [2.75, 3.05) is 0 Å². The maximum atomic E-state index is 13.2. The third kappa shape index (κ3) is 4.20. The summed E-state index contributed by atoms with van der Waals surface area (Å²) in [5.74, 6) is 1.51. The van der Waals surface area contributed by atoms with Crippen LogP contribution in [0.2, 0.25) is 0 Å². The average molecular weight is 328 g/mol. The van der Waals surface area contributed by atoms with E-state index in [1.807, 2.05) is 6.07 Å². The molecule has 0 radical (unpaired) electrons. The van der Waals surface area contributed by atoms with Gasteiger partial charge in [-0.05, 0) is 54.9 Å². The van der Waals surface area contributed by atoms with Gasteiger partial charge in [0.05, 0.1) is 5.92 Å². The van der Waals surface area contributed by atoms with Gasteiger partial charge in [0.15, 0.2) is 0 Å². The van der Waals surface area contributed by atoms with Gasteiger partial charge in [-0.25, -0.2) is 0 Å². The molecule has 24 heavy (non-hydrogen) atoms. The van der Waals surface area contributed by atoms with Gasteiger partial charge in [0, 0.05) is 6.04 Å². The minimum atomic E-state index is 0.0362. The SMILES string of the molecule is C[C@H]1C[C@@H](NC(=O)[C@@H](c2ccccc2)C2CCCC2)CC(C)(C)C1. The largest absolute Gasteiger partial charge is 0.353 e. The molecule has 0 aliphatic heterocycles. The third-order valence-electron chi connectivity index (χ3n) is 6.05. The van der Waals surface area contributed by atoms with Gasteiger partial charge in [-0.3, -0.25) is 4.79 Å². The molecule has 0 aromatic heterocycles. The van der Waals surface area contributed by atoms with Crippen LogP contribution in [-0.4, -0.2) is 11.9 Å². The van der Waals surface area contributed by atoms with Crippen molar-refractivity contribution in [2.45, 2.75) is 77.7 Å². The average Bonchev–Trinajstić information content (AvgIpc) is 3.00. The topological polar surface area (TPSA) is 29.1 Å². The van der Waals surface area contributed by atoms with Gasteiger partial charge in [-0.15, -0.1) is 0 Å². The monoisotopic (exact) mass is 327 g/mol. The fourth-order valence-electron chi connectivity index (χ4n) is 5.34. The Balaban J connectivity index is 1.74. The number of hydrogen-bond donors (Lipinski definition) is 1. The van der Waals surface area contributed by atoms with Gasteiger partial charge in [0.1, 0.15) is 0 Å². The second-order valence-corrected chi connectivity index (χ2v) is 9.05. The lowest BCUT2D eigenvalue weighted by Crippen LogP contribution is -2.45. The minimum Gasteiger partial charge on any atom is -0.353 e. The van der Waals surface area contributed by atoms with Gasteiger partial charge < -0.3 is 5.32 Å². The fraction of sp³-hybridized carbons (Fsp3) is 0.682. The Morgan fingerprint density at radius 2 is 1.79 bits per heavy atom. The van der Waals surface area contributed by atoms with Gasteiger partial charge in [-0.2, -0.15) is 0 Å². The predicted molar refractivity (Wildman–Crippen MR) is 99.9 cm³/mol. The maximum Gasteiger partial charge on any atom is 0.228 e. The van der Waals surface area contributed by atoms with E-state index in [0.29, 0.717) is 23.3 Å². The molecule has 2 heteroatoms. The Labute approximate surface area is 147 Å². The van der Waals surface area contributed by atoms with Gasteiger partial charge >= 0.3 is 0 Å². The van der Waals surface area contributed by atoms with E-state index in [2.05, 4.69) is 50.4 Å². The molecule has 1 amide bonds. The van der Waals surface area contributed by atoms with Crippen LogP contribution in [0.3, 0.4) is 0 Å². The molecule has 2 fully saturated rings. The quantitative estimate of drug-likeness (QED) is 0.799.